The fraction of sp³-hybridized carbons (Fsp3) is 0.364. The summed E-state index contributed by atoms with van der Waals surface area (Å²) in [6, 6.07) is 0.584. The summed E-state index contributed by atoms with van der Waals surface area (Å²) in [5.41, 5.74) is 4.81. The maximum Gasteiger partial charge on any atom is 0.349 e. The van der Waals surface area contributed by atoms with Gasteiger partial charge in [-0.15, -0.1) is 11.3 Å². The molecule has 1 atom stereocenters. The number of thiophene rings is 1. The van der Waals surface area contributed by atoms with E-state index < -0.39 is 24.0 Å². The molecule has 0 aliphatic heterocycles. The van der Waals surface area contributed by atoms with E-state index in [1.807, 2.05) is 12.2 Å². The number of imide groups is 1. The third-order valence-corrected chi connectivity index (χ3v) is 3.46. The first-order valence-corrected chi connectivity index (χ1v) is 6.29. The van der Waals surface area contributed by atoms with E-state index >= 15 is 0 Å². The molecule has 19 heavy (non-hydrogen) atoms. The predicted octanol–water partition coefficient (Wildman–Crippen LogP) is 0.971. The molecule has 0 fully saturated rings. The van der Waals surface area contributed by atoms with E-state index in [1.54, 1.807) is 6.07 Å². The van der Waals surface area contributed by atoms with Crippen LogP contribution in [0, 0.1) is 0 Å². The van der Waals surface area contributed by atoms with E-state index in [1.165, 1.54) is 6.92 Å². The second-order valence-corrected chi connectivity index (χ2v) is 4.82. The van der Waals surface area contributed by atoms with E-state index in [-0.39, 0.29) is 10.6 Å². The highest BCUT2D eigenvalue weighted by Gasteiger charge is 2.22. The van der Waals surface area contributed by atoms with Crippen molar-refractivity contribution in [1.29, 1.82) is 0 Å². The van der Waals surface area contributed by atoms with E-state index in [0.29, 0.717) is 6.42 Å². The Morgan fingerprint density at radius 2 is 2.16 bits per heavy atom. The van der Waals surface area contributed by atoms with Crippen LogP contribution in [0.1, 0.15) is 28.4 Å². The van der Waals surface area contributed by atoms with Gasteiger partial charge >= 0.3 is 12.0 Å². The topological polar surface area (TPSA) is 119 Å². The molecule has 0 saturated carbocycles. The summed E-state index contributed by atoms with van der Waals surface area (Å²) in [4.78, 5) is 33.9. The van der Waals surface area contributed by atoms with Crippen LogP contribution in [-0.4, -0.2) is 29.1 Å². The van der Waals surface area contributed by atoms with Gasteiger partial charge in [-0.05, 0) is 19.4 Å². The zero-order valence-corrected chi connectivity index (χ0v) is 11.2. The summed E-state index contributed by atoms with van der Waals surface area (Å²) in [5, 5.41) is 10.9. The third-order valence-electron chi connectivity index (χ3n) is 2.21. The van der Waals surface area contributed by atoms with Gasteiger partial charge in [-0.2, -0.15) is 0 Å². The minimum absolute atomic E-state index is 0.0237. The van der Waals surface area contributed by atoms with Crippen LogP contribution in [-0.2, 0) is 11.2 Å². The van der Waals surface area contributed by atoms with Crippen molar-refractivity contribution in [3.63, 3.8) is 0 Å². The molecule has 3 amide bonds. The van der Waals surface area contributed by atoms with Crippen LogP contribution in [0.25, 0.3) is 0 Å². The lowest BCUT2D eigenvalue weighted by molar-refractivity contribution is -0.126. The van der Waals surface area contributed by atoms with Crippen LogP contribution in [0.2, 0.25) is 0 Å². The van der Waals surface area contributed by atoms with Gasteiger partial charge in [-0.25, -0.2) is 9.59 Å². The van der Waals surface area contributed by atoms with Gasteiger partial charge in [0.1, 0.15) is 5.75 Å². The Balaban J connectivity index is 2.86. The summed E-state index contributed by atoms with van der Waals surface area (Å²) < 4.78 is 5.26. The number of urea groups is 1. The largest absolute Gasteiger partial charge is 0.479 e. The Hall–Kier alpha value is -2.09. The van der Waals surface area contributed by atoms with Gasteiger partial charge in [-0.3, -0.25) is 10.1 Å². The van der Waals surface area contributed by atoms with Gasteiger partial charge in [0, 0.05) is 4.88 Å². The first-order valence-electron chi connectivity index (χ1n) is 5.48. The lowest BCUT2D eigenvalue weighted by Crippen LogP contribution is -2.42. The van der Waals surface area contributed by atoms with Crippen LogP contribution < -0.4 is 15.8 Å². The van der Waals surface area contributed by atoms with Crippen LogP contribution >= 0.6 is 11.3 Å². The van der Waals surface area contributed by atoms with Gasteiger partial charge in [0.2, 0.25) is 0 Å². The minimum atomic E-state index is -1.12. The normalized spacial score (nSPS) is 11.7. The number of aryl methyl sites for hydroxylation is 1. The second kappa shape index (κ2) is 6.19. The zero-order valence-electron chi connectivity index (χ0n) is 10.4. The number of aromatic carboxylic acids is 1. The maximum atomic E-state index is 11.4. The number of hydrogen-bond donors (Lipinski definition) is 3. The van der Waals surface area contributed by atoms with E-state index in [9.17, 15) is 14.4 Å². The average molecular weight is 286 g/mol. The first-order chi connectivity index (χ1) is 8.85. The van der Waals surface area contributed by atoms with Crippen molar-refractivity contribution in [2.75, 3.05) is 0 Å². The number of rotatable bonds is 5. The zero-order chi connectivity index (χ0) is 14.6. The van der Waals surface area contributed by atoms with Gasteiger partial charge in [0.15, 0.2) is 11.0 Å². The Morgan fingerprint density at radius 1 is 1.53 bits per heavy atom. The third kappa shape index (κ3) is 3.95. The van der Waals surface area contributed by atoms with Crippen molar-refractivity contribution in [3.05, 3.63) is 15.8 Å². The monoisotopic (exact) mass is 286 g/mol. The summed E-state index contributed by atoms with van der Waals surface area (Å²) in [6.07, 6.45) is -0.360. The number of carbonyl (C=O) groups excluding carboxylic acids is 2. The number of primary amides is 1. The molecular weight excluding hydrogens is 272 g/mol. The Morgan fingerprint density at radius 3 is 2.63 bits per heavy atom. The molecular formula is C11H14N2O5S. The molecule has 0 aliphatic carbocycles. The molecule has 0 aliphatic rings. The molecule has 104 valence electrons. The standard InChI is InChI=1S/C11H14N2O5S/c1-3-6-4-7(8(19-6)10(15)16)18-5(2)9(14)13-11(12)17/h4-5H,3H2,1-2H3,(H,15,16)(H3,12,13,14,17). The van der Waals surface area contributed by atoms with Crippen molar-refractivity contribution in [2.24, 2.45) is 5.73 Å². The highest BCUT2D eigenvalue weighted by molar-refractivity contribution is 7.14. The molecule has 7 nitrogen and oxygen atoms in total. The van der Waals surface area contributed by atoms with Crippen molar-refractivity contribution < 1.29 is 24.2 Å². The minimum Gasteiger partial charge on any atom is -0.479 e. The van der Waals surface area contributed by atoms with Gasteiger partial charge in [0.25, 0.3) is 5.91 Å². The van der Waals surface area contributed by atoms with Crippen LogP contribution in [0.4, 0.5) is 4.79 Å². The molecule has 4 N–H and O–H groups in total. The molecule has 1 aromatic heterocycles. The fourth-order valence-electron chi connectivity index (χ4n) is 1.30. The molecule has 0 aromatic carbocycles. The van der Waals surface area contributed by atoms with Crippen molar-refractivity contribution in [2.45, 2.75) is 26.4 Å². The molecule has 1 unspecified atom stereocenters. The Bertz CT molecular complexity index is 511. The van der Waals surface area contributed by atoms with E-state index in [0.717, 1.165) is 16.2 Å². The van der Waals surface area contributed by atoms with Gasteiger partial charge in [0.05, 0.1) is 0 Å². The lowest BCUT2D eigenvalue weighted by atomic mass is 10.3. The molecule has 1 heterocycles. The van der Waals surface area contributed by atoms with E-state index in [2.05, 4.69) is 0 Å². The van der Waals surface area contributed by atoms with Crippen molar-refractivity contribution in [3.8, 4) is 5.75 Å². The molecule has 1 rings (SSSR count). The van der Waals surface area contributed by atoms with E-state index in [4.69, 9.17) is 15.6 Å². The Kier molecular flexibility index (Phi) is 4.87. The number of nitrogens with two attached hydrogens (primary N) is 1. The summed E-state index contributed by atoms with van der Waals surface area (Å²) in [6.45, 7) is 3.28. The molecule has 0 saturated heterocycles. The number of ether oxygens (including phenoxy) is 1. The molecule has 1 aromatic rings. The summed E-state index contributed by atoms with van der Waals surface area (Å²) in [5.74, 6) is -1.74. The van der Waals surface area contributed by atoms with Crippen molar-refractivity contribution in [1.82, 2.24) is 5.32 Å². The number of amides is 3. The van der Waals surface area contributed by atoms with Crippen molar-refractivity contribution >= 4 is 29.2 Å². The number of hydrogen-bond acceptors (Lipinski definition) is 5. The number of nitrogens with one attached hydrogen (secondary N) is 1. The van der Waals surface area contributed by atoms with Gasteiger partial charge in [-0.1, -0.05) is 6.92 Å². The molecule has 0 bridgehead atoms. The molecule has 0 radical (unpaired) electrons. The smallest absolute Gasteiger partial charge is 0.349 e. The summed E-state index contributed by atoms with van der Waals surface area (Å²) >= 11 is 1.09. The van der Waals surface area contributed by atoms with Crippen LogP contribution in [0.15, 0.2) is 6.07 Å². The average Bonchev–Trinajstić information content (AvgIpc) is 2.71. The second-order valence-electron chi connectivity index (χ2n) is 3.68. The fourth-order valence-corrected chi connectivity index (χ4v) is 2.17. The first kappa shape index (κ1) is 15.0. The molecule has 0 spiro atoms. The number of carbonyl (C=O) groups is 3. The molecule has 8 heteroatoms. The van der Waals surface area contributed by atoms with Crippen LogP contribution in [0.3, 0.4) is 0 Å². The highest BCUT2D eigenvalue weighted by Crippen LogP contribution is 2.30. The van der Waals surface area contributed by atoms with Gasteiger partial charge < -0.3 is 15.6 Å². The number of carboxylic acid groups (broad SMARTS) is 1. The van der Waals surface area contributed by atoms with Crippen LogP contribution in [0.5, 0.6) is 5.75 Å². The quantitative estimate of drug-likeness (QED) is 0.745. The highest BCUT2D eigenvalue weighted by atomic mass is 32.1. The number of carboxylic acids is 1. The maximum absolute atomic E-state index is 11.4. The SMILES string of the molecule is CCc1cc(OC(C)C(=O)NC(N)=O)c(C(=O)O)s1. The predicted molar refractivity (Wildman–Crippen MR) is 68.5 cm³/mol. The Labute approximate surface area is 113 Å². The summed E-state index contributed by atoms with van der Waals surface area (Å²) in [7, 11) is 0. The lowest BCUT2D eigenvalue weighted by Gasteiger charge is -2.12.